The van der Waals surface area contributed by atoms with Crippen molar-refractivity contribution in [2.75, 3.05) is 10.6 Å². The van der Waals surface area contributed by atoms with Crippen molar-refractivity contribution in [2.24, 2.45) is 0 Å². The smallest absolute Gasteiger partial charge is 0.277 e. The summed E-state index contributed by atoms with van der Waals surface area (Å²) in [4.78, 5) is 16.6. The van der Waals surface area contributed by atoms with E-state index in [4.69, 9.17) is 0 Å². The van der Waals surface area contributed by atoms with Crippen molar-refractivity contribution in [3.8, 4) is 0 Å². The van der Waals surface area contributed by atoms with Crippen LogP contribution in [0.2, 0.25) is 0 Å². The molecule has 3 rings (SSSR count). The number of carbonyl (C=O) groups is 1. The van der Waals surface area contributed by atoms with Gasteiger partial charge in [0.25, 0.3) is 5.91 Å². The molecule has 0 aliphatic heterocycles. The van der Waals surface area contributed by atoms with Gasteiger partial charge in [-0.05, 0) is 12.8 Å². The summed E-state index contributed by atoms with van der Waals surface area (Å²) in [5.74, 6) is -0.239. The Labute approximate surface area is 143 Å². The quantitative estimate of drug-likeness (QED) is 0.873. The third-order valence-electron chi connectivity index (χ3n) is 3.71. The average molecular weight is 352 g/mol. The fraction of sp³-hybridized carbons (Fsp3) is 0.600. The highest BCUT2D eigenvalue weighted by Crippen LogP contribution is 2.28. The number of carbonyl (C=O) groups excluding carboxylic acids is 1. The van der Waals surface area contributed by atoms with Crippen LogP contribution in [-0.2, 0) is 5.41 Å². The standard InChI is InChI=1S/C15H21N5OS2/c1-15(2,3)12-19-20-14(23-12)18-11(21)10-8-22-13(17-10)16-9-6-4-5-7-9/h8-9H,4-7H2,1-3H3,(H,16,17)(H,18,20,21). The molecular weight excluding hydrogens is 330 g/mol. The molecule has 23 heavy (non-hydrogen) atoms. The second kappa shape index (κ2) is 6.52. The van der Waals surface area contributed by atoms with E-state index < -0.39 is 0 Å². The van der Waals surface area contributed by atoms with E-state index in [0.717, 1.165) is 10.1 Å². The molecule has 1 saturated carbocycles. The monoisotopic (exact) mass is 351 g/mol. The minimum absolute atomic E-state index is 0.0698. The number of hydrogen-bond donors (Lipinski definition) is 2. The molecule has 2 aromatic heterocycles. The number of nitrogens with one attached hydrogen (secondary N) is 2. The Morgan fingerprint density at radius 1 is 1.22 bits per heavy atom. The third-order valence-corrected chi connectivity index (χ3v) is 5.74. The molecule has 2 aromatic rings. The number of rotatable bonds is 4. The van der Waals surface area contributed by atoms with Gasteiger partial charge in [-0.3, -0.25) is 10.1 Å². The molecule has 0 radical (unpaired) electrons. The van der Waals surface area contributed by atoms with Crippen LogP contribution in [0, 0.1) is 0 Å². The van der Waals surface area contributed by atoms with Crippen molar-refractivity contribution in [3.63, 3.8) is 0 Å². The van der Waals surface area contributed by atoms with Gasteiger partial charge in [0.2, 0.25) is 5.13 Å². The fourth-order valence-corrected chi connectivity index (χ4v) is 3.99. The number of anilines is 2. The van der Waals surface area contributed by atoms with Crippen molar-refractivity contribution in [1.82, 2.24) is 15.2 Å². The predicted octanol–water partition coefficient (Wildman–Crippen LogP) is 3.90. The largest absolute Gasteiger partial charge is 0.359 e. The van der Waals surface area contributed by atoms with Gasteiger partial charge < -0.3 is 5.32 Å². The minimum atomic E-state index is -0.239. The first-order valence-corrected chi connectivity index (χ1v) is 9.49. The first kappa shape index (κ1) is 16.3. The van der Waals surface area contributed by atoms with Crippen molar-refractivity contribution < 1.29 is 4.79 Å². The van der Waals surface area contributed by atoms with Crippen LogP contribution in [0.3, 0.4) is 0 Å². The first-order valence-electron chi connectivity index (χ1n) is 7.79. The highest BCUT2D eigenvalue weighted by Gasteiger charge is 2.21. The molecule has 0 unspecified atom stereocenters. The second-order valence-electron chi connectivity index (χ2n) is 6.78. The van der Waals surface area contributed by atoms with Crippen LogP contribution in [0.5, 0.6) is 0 Å². The summed E-state index contributed by atoms with van der Waals surface area (Å²) in [6.45, 7) is 6.21. The zero-order valence-corrected chi connectivity index (χ0v) is 15.2. The number of hydrogen-bond acceptors (Lipinski definition) is 7. The van der Waals surface area contributed by atoms with E-state index in [1.807, 2.05) is 0 Å². The van der Waals surface area contributed by atoms with E-state index in [1.165, 1.54) is 48.4 Å². The van der Waals surface area contributed by atoms with Gasteiger partial charge in [0.05, 0.1) is 0 Å². The Balaban J connectivity index is 1.62. The van der Waals surface area contributed by atoms with Gasteiger partial charge in [0.15, 0.2) is 5.13 Å². The summed E-state index contributed by atoms with van der Waals surface area (Å²) in [5.41, 5.74) is 0.350. The lowest BCUT2D eigenvalue weighted by Crippen LogP contribution is -2.15. The number of aromatic nitrogens is 3. The zero-order valence-electron chi connectivity index (χ0n) is 13.5. The zero-order chi connectivity index (χ0) is 16.4. The van der Waals surface area contributed by atoms with E-state index in [9.17, 15) is 4.79 Å². The van der Waals surface area contributed by atoms with E-state index in [0.29, 0.717) is 16.9 Å². The summed E-state index contributed by atoms with van der Waals surface area (Å²) in [7, 11) is 0. The van der Waals surface area contributed by atoms with E-state index in [-0.39, 0.29) is 11.3 Å². The molecule has 124 valence electrons. The van der Waals surface area contributed by atoms with Crippen LogP contribution in [0.15, 0.2) is 5.38 Å². The summed E-state index contributed by atoms with van der Waals surface area (Å²) in [6.07, 6.45) is 4.90. The maximum Gasteiger partial charge on any atom is 0.277 e. The van der Waals surface area contributed by atoms with Crippen LogP contribution in [0.1, 0.15) is 62.0 Å². The van der Waals surface area contributed by atoms with Gasteiger partial charge in [-0.25, -0.2) is 4.98 Å². The molecule has 1 aliphatic carbocycles. The third kappa shape index (κ3) is 4.06. The molecule has 0 saturated heterocycles. The molecule has 1 aliphatic rings. The molecule has 0 spiro atoms. The molecule has 8 heteroatoms. The Bertz CT molecular complexity index is 682. The number of thiazole rings is 1. The van der Waals surface area contributed by atoms with Gasteiger partial charge in [-0.1, -0.05) is 44.9 Å². The summed E-state index contributed by atoms with van der Waals surface area (Å²) in [5, 5.41) is 18.4. The molecule has 0 bridgehead atoms. The fourth-order valence-electron chi connectivity index (χ4n) is 2.43. The van der Waals surface area contributed by atoms with Crippen molar-refractivity contribution in [3.05, 3.63) is 16.1 Å². The van der Waals surface area contributed by atoms with Gasteiger partial charge in [0.1, 0.15) is 10.7 Å². The van der Waals surface area contributed by atoms with Crippen LogP contribution >= 0.6 is 22.7 Å². The predicted molar refractivity (Wildman–Crippen MR) is 94.6 cm³/mol. The summed E-state index contributed by atoms with van der Waals surface area (Å²) in [6, 6.07) is 0.495. The highest BCUT2D eigenvalue weighted by atomic mass is 32.1. The molecule has 2 heterocycles. The maximum absolute atomic E-state index is 12.3. The molecule has 1 fully saturated rings. The van der Waals surface area contributed by atoms with Gasteiger partial charge >= 0.3 is 0 Å². The van der Waals surface area contributed by atoms with Crippen molar-refractivity contribution in [2.45, 2.75) is 57.9 Å². The Kier molecular flexibility index (Phi) is 4.63. The second-order valence-corrected chi connectivity index (χ2v) is 8.62. The van der Waals surface area contributed by atoms with Crippen LogP contribution < -0.4 is 10.6 Å². The normalized spacial score (nSPS) is 15.8. The molecular formula is C15H21N5OS2. The van der Waals surface area contributed by atoms with Crippen molar-refractivity contribution >= 4 is 38.8 Å². The Morgan fingerprint density at radius 3 is 2.61 bits per heavy atom. The molecule has 0 aromatic carbocycles. The minimum Gasteiger partial charge on any atom is -0.359 e. The van der Waals surface area contributed by atoms with Crippen molar-refractivity contribution in [1.29, 1.82) is 0 Å². The first-order chi connectivity index (χ1) is 10.9. The van der Waals surface area contributed by atoms with Gasteiger partial charge in [-0.2, -0.15) is 0 Å². The van der Waals surface area contributed by atoms with Crippen LogP contribution in [0.4, 0.5) is 10.3 Å². The number of nitrogens with zero attached hydrogens (tertiary/aromatic N) is 3. The van der Waals surface area contributed by atoms with E-state index in [2.05, 4.69) is 46.6 Å². The van der Waals surface area contributed by atoms with Gasteiger partial charge in [-0.15, -0.1) is 21.5 Å². The Morgan fingerprint density at radius 2 is 1.96 bits per heavy atom. The van der Waals surface area contributed by atoms with E-state index >= 15 is 0 Å². The van der Waals surface area contributed by atoms with Crippen LogP contribution in [-0.4, -0.2) is 27.1 Å². The average Bonchev–Trinajstić information content (AvgIpc) is 3.18. The SMILES string of the molecule is CC(C)(C)c1nnc(NC(=O)c2csc(NC3CCCC3)n2)s1. The Hall–Kier alpha value is -1.54. The van der Waals surface area contributed by atoms with E-state index in [1.54, 1.807) is 5.38 Å². The van der Waals surface area contributed by atoms with Crippen LogP contribution in [0.25, 0.3) is 0 Å². The maximum atomic E-state index is 12.3. The molecule has 1 amide bonds. The van der Waals surface area contributed by atoms with Gasteiger partial charge in [0, 0.05) is 16.8 Å². The molecule has 2 N–H and O–H groups in total. The number of amides is 1. The lowest BCUT2D eigenvalue weighted by atomic mass is 9.98. The summed E-state index contributed by atoms with van der Waals surface area (Å²) >= 11 is 2.87. The lowest BCUT2D eigenvalue weighted by molar-refractivity contribution is 0.102. The molecule has 6 nitrogen and oxygen atoms in total. The lowest BCUT2D eigenvalue weighted by Gasteiger charge is -2.12. The molecule has 0 atom stereocenters. The summed E-state index contributed by atoms with van der Waals surface area (Å²) < 4.78 is 0. The highest BCUT2D eigenvalue weighted by molar-refractivity contribution is 7.15. The topological polar surface area (TPSA) is 79.8 Å².